The second kappa shape index (κ2) is 2.83. The van der Waals surface area contributed by atoms with Crippen LogP contribution in [0.2, 0.25) is 0 Å². The van der Waals surface area contributed by atoms with Gasteiger partial charge in [0.25, 0.3) is 0 Å². The van der Waals surface area contributed by atoms with Crippen LogP contribution in [0.3, 0.4) is 0 Å². The summed E-state index contributed by atoms with van der Waals surface area (Å²) in [5.74, 6) is 0.379. The van der Waals surface area contributed by atoms with E-state index in [1.807, 2.05) is 13.1 Å². The van der Waals surface area contributed by atoms with Crippen LogP contribution in [0, 0.1) is 6.92 Å². The number of nitrogens with zero attached hydrogens (tertiary/aromatic N) is 2. The fraction of sp³-hybridized carbons (Fsp3) is 0.400. The van der Waals surface area contributed by atoms with Crippen molar-refractivity contribution >= 4 is 11.0 Å². The fourth-order valence-corrected chi connectivity index (χ4v) is 1.42. The lowest BCUT2D eigenvalue weighted by Gasteiger charge is -1.97. The van der Waals surface area contributed by atoms with Gasteiger partial charge >= 0.3 is 0 Å². The number of aromatic nitrogens is 2. The summed E-state index contributed by atoms with van der Waals surface area (Å²) in [7, 11) is 0. The number of aryl methyl sites for hydroxylation is 1. The van der Waals surface area contributed by atoms with Gasteiger partial charge in [0.2, 0.25) is 0 Å². The van der Waals surface area contributed by atoms with Crippen molar-refractivity contribution in [3.05, 3.63) is 23.7 Å². The van der Waals surface area contributed by atoms with Crippen LogP contribution in [-0.2, 0) is 0 Å². The van der Waals surface area contributed by atoms with E-state index in [4.69, 9.17) is 4.52 Å². The predicted molar refractivity (Wildman–Crippen MR) is 50.6 cm³/mol. The fourth-order valence-electron chi connectivity index (χ4n) is 1.42. The van der Waals surface area contributed by atoms with E-state index in [1.54, 1.807) is 6.20 Å². The standard InChI is InChI=1S/C10H12N2O/c1-6(2)9-8-5-11-4-7(3)10(8)13-12-9/h4-6H,1-3H3. The van der Waals surface area contributed by atoms with Crippen molar-refractivity contribution in [2.75, 3.05) is 0 Å². The molecule has 2 aromatic rings. The largest absolute Gasteiger partial charge is 0.356 e. The summed E-state index contributed by atoms with van der Waals surface area (Å²) in [5, 5.41) is 5.08. The number of fused-ring (bicyclic) bond motifs is 1. The highest BCUT2D eigenvalue weighted by molar-refractivity contribution is 5.81. The second-order valence-electron chi connectivity index (χ2n) is 3.56. The molecule has 0 unspecified atom stereocenters. The average Bonchev–Trinajstić information content (AvgIpc) is 2.48. The molecule has 0 fully saturated rings. The predicted octanol–water partition coefficient (Wildman–Crippen LogP) is 2.65. The van der Waals surface area contributed by atoms with E-state index >= 15 is 0 Å². The molecule has 0 saturated heterocycles. The summed E-state index contributed by atoms with van der Waals surface area (Å²) in [4.78, 5) is 4.13. The van der Waals surface area contributed by atoms with Gasteiger partial charge in [0.1, 0.15) is 0 Å². The number of rotatable bonds is 1. The van der Waals surface area contributed by atoms with Crippen LogP contribution < -0.4 is 0 Å². The Morgan fingerprint density at radius 3 is 2.77 bits per heavy atom. The van der Waals surface area contributed by atoms with Crippen LogP contribution in [0.4, 0.5) is 0 Å². The van der Waals surface area contributed by atoms with Crippen molar-refractivity contribution in [3.8, 4) is 0 Å². The van der Waals surface area contributed by atoms with Crippen molar-refractivity contribution in [2.45, 2.75) is 26.7 Å². The highest BCUT2D eigenvalue weighted by Gasteiger charge is 2.12. The zero-order chi connectivity index (χ0) is 9.42. The lowest BCUT2D eigenvalue weighted by Crippen LogP contribution is -1.87. The average molecular weight is 176 g/mol. The Hall–Kier alpha value is -1.38. The molecule has 0 bridgehead atoms. The van der Waals surface area contributed by atoms with Crippen molar-refractivity contribution in [1.82, 2.24) is 10.1 Å². The quantitative estimate of drug-likeness (QED) is 0.670. The Morgan fingerprint density at radius 2 is 2.08 bits per heavy atom. The van der Waals surface area contributed by atoms with Gasteiger partial charge < -0.3 is 4.52 Å². The van der Waals surface area contributed by atoms with Crippen molar-refractivity contribution in [1.29, 1.82) is 0 Å². The lowest BCUT2D eigenvalue weighted by molar-refractivity contribution is 0.440. The van der Waals surface area contributed by atoms with E-state index in [1.165, 1.54) is 0 Å². The molecule has 0 aliphatic carbocycles. The Labute approximate surface area is 76.8 Å². The zero-order valence-corrected chi connectivity index (χ0v) is 8.03. The van der Waals surface area contributed by atoms with Gasteiger partial charge in [-0.2, -0.15) is 0 Å². The van der Waals surface area contributed by atoms with Gasteiger partial charge in [-0.1, -0.05) is 19.0 Å². The van der Waals surface area contributed by atoms with Gasteiger partial charge in [0.05, 0.1) is 11.1 Å². The summed E-state index contributed by atoms with van der Waals surface area (Å²) in [6.07, 6.45) is 3.60. The molecule has 2 aromatic heterocycles. The number of hydrogen-bond acceptors (Lipinski definition) is 3. The monoisotopic (exact) mass is 176 g/mol. The molecule has 13 heavy (non-hydrogen) atoms. The molecular weight excluding hydrogens is 164 g/mol. The maximum Gasteiger partial charge on any atom is 0.173 e. The van der Waals surface area contributed by atoms with Crippen molar-refractivity contribution in [3.63, 3.8) is 0 Å². The van der Waals surface area contributed by atoms with E-state index in [0.29, 0.717) is 5.92 Å². The molecule has 68 valence electrons. The first kappa shape index (κ1) is 8.23. The first-order valence-electron chi connectivity index (χ1n) is 4.40. The van der Waals surface area contributed by atoms with Crippen LogP contribution in [0.15, 0.2) is 16.9 Å². The van der Waals surface area contributed by atoms with Gasteiger partial charge in [0.15, 0.2) is 5.58 Å². The normalized spacial score (nSPS) is 11.4. The number of pyridine rings is 1. The summed E-state index contributed by atoms with van der Waals surface area (Å²) in [5.41, 5.74) is 2.89. The van der Waals surface area contributed by atoms with Crippen molar-refractivity contribution in [2.24, 2.45) is 0 Å². The molecule has 0 saturated carbocycles. The molecule has 0 aliphatic rings. The van der Waals surface area contributed by atoms with Crippen LogP contribution in [-0.4, -0.2) is 10.1 Å². The minimum atomic E-state index is 0.379. The highest BCUT2D eigenvalue weighted by atomic mass is 16.5. The summed E-state index contributed by atoms with van der Waals surface area (Å²) in [6.45, 7) is 6.17. The third-order valence-corrected chi connectivity index (χ3v) is 2.13. The Kier molecular flexibility index (Phi) is 1.79. The first-order chi connectivity index (χ1) is 6.20. The summed E-state index contributed by atoms with van der Waals surface area (Å²) in [6, 6.07) is 0. The third-order valence-electron chi connectivity index (χ3n) is 2.13. The molecular formula is C10H12N2O. The minimum absolute atomic E-state index is 0.379. The van der Waals surface area contributed by atoms with E-state index in [9.17, 15) is 0 Å². The Morgan fingerprint density at radius 1 is 1.31 bits per heavy atom. The topological polar surface area (TPSA) is 38.9 Å². The Balaban J connectivity index is 2.75. The summed E-state index contributed by atoms with van der Waals surface area (Å²) < 4.78 is 5.25. The third kappa shape index (κ3) is 1.20. The molecule has 0 radical (unpaired) electrons. The second-order valence-corrected chi connectivity index (χ2v) is 3.56. The van der Waals surface area contributed by atoms with Gasteiger partial charge in [-0.15, -0.1) is 0 Å². The molecule has 3 nitrogen and oxygen atoms in total. The van der Waals surface area contributed by atoms with Crippen LogP contribution in [0.5, 0.6) is 0 Å². The Bertz CT molecular complexity index is 431. The minimum Gasteiger partial charge on any atom is -0.356 e. The smallest absolute Gasteiger partial charge is 0.173 e. The van der Waals surface area contributed by atoms with Gasteiger partial charge in [-0.05, 0) is 12.8 Å². The molecule has 2 rings (SSSR count). The molecule has 0 amide bonds. The maximum atomic E-state index is 5.25. The van der Waals surface area contributed by atoms with Gasteiger partial charge in [-0.3, -0.25) is 4.98 Å². The van der Waals surface area contributed by atoms with Crippen LogP contribution in [0.1, 0.15) is 31.0 Å². The maximum absolute atomic E-state index is 5.25. The molecule has 0 spiro atoms. The molecule has 0 N–H and O–H groups in total. The molecule has 2 heterocycles. The van der Waals surface area contributed by atoms with Crippen LogP contribution in [0.25, 0.3) is 11.0 Å². The van der Waals surface area contributed by atoms with E-state index in [-0.39, 0.29) is 0 Å². The molecule has 3 heteroatoms. The lowest BCUT2D eigenvalue weighted by atomic mass is 10.1. The molecule has 0 atom stereocenters. The number of hydrogen-bond donors (Lipinski definition) is 0. The molecule has 0 aromatic carbocycles. The zero-order valence-electron chi connectivity index (χ0n) is 8.03. The van der Waals surface area contributed by atoms with E-state index in [2.05, 4.69) is 24.0 Å². The SMILES string of the molecule is Cc1cncc2c(C(C)C)noc12. The van der Waals surface area contributed by atoms with Gasteiger partial charge in [-0.25, -0.2) is 0 Å². The van der Waals surface area contributed by atoms with E-state index < -0.39 is 0 Å². The van der Waals surface area contributed by atoms with Gasteiger partial charge in [0, 0.05) is 18.0 Å². The highest BCUT2D eigenvalue weighted by Crippen LogP contribution is 2.25. The van der Waals surface area contributed by atoms with Crippen molar-refractivity contribution < 1.29 is 4.52 Å². The van der Waals surface area contributed by atoms with E-state index in [0.717, 1.165) is 22.2 Å². The molecule has 0 aliphatic heterocycles. The summed E-state index contributed by atoms with van der Waals surface area (Å²) >= 11 is 0. The first-order valence-corrected chi connectivity index (χ1v) is 4.40. The van der Waals surface area contributed by atoms with Crippen LogP contribution >= 0.6 is 0 Å².